The van der Waals surface area contributed by atoms with Crippen LogP contribution in [-0.2, 0) is 28.6 Å². The number of carbonyl (C=O) groups is 3. The lowest BCUT2D eigenvalue weighted by molar-refractivity contribution is -0.167. The molecule has 0 aromatic heterocycles. The van der Waals surface area contributed by atoms with Crippen molar-refractivity contribution in [3.05, 3.63) is 24.3 Å². The van der Waals surface area contributed by atoms with E-state index in [0.29, 0.717) is 19.3 Å². The molecule has 0 spiro atoms. The van der Waals surface area contributed by atoms with Crippen molar-refractivity contribution in [3.8, 4) is 0 Å². The Hall–Kier alpha value is -2.11. The molecule has 0 aliphatic rings. The Morgan fingerprint density at radius 1 is 0.290 bits per heavy atom. The van der Waals surface area contributed by atoms with Crippen LogP contribution in [0.5, 0.6) is 0 Å². The third kappa shape index (κ3) is 56.7. The van der Waals surface area contributed by atoms with Crippen molar-refractivity contribution in [1.29, 1.82) is 0 Å². The number of rotatable bonds is 57. The fourth-order valence-electron chi connectivity index (χ4n) is 9.30. The molecule has 0 fully saturated rings. The third-order valence-corrected chi connectivity index (χ3v) is 14.0. The van der Waals surface area contributed by atoms with E-state index in [2.05, 4.69) is 45.1 Å². The van der Waals surface area contributed by atoms with Crippen LogP contribution in [0.25, 0.3) is 0 Å². The Bertz CT molecular complexity index is 1110. The van der Waals surface area contributed by atoms with Gasteiger partial charge in [0.1, 0.15) is 13.2 Å². The smallest absolute Gasteiger partial charge is 0.306 e. The average Bonchev–Trinajstić information content (AvgIpc) is 3.35. The summed E-state index contributed by atoms with van der Waals surface area (Å²) in [6.45, 7) is 6.67. The van der Waals surface area contributed by atoms with Crippen LogP contribution in [0.2, 0.25) is 0 Å². The molecule has 1 atom stereocenters. The first-order valence-corrected chi connectivity index (χ1v) is 30.8. The lowest BCUT2D eigenvalue weighted by atomic mass is 10.0. The van der Waals surface area contributed by atoms with Crippen LogP contribution in [0, 0.1) is 0 Å². The maximum atomic E-state index is 12.9. The van der Waals surface area contributed by atoms with Gasteiger partial charge in [-0.25, -0.2) is 0 Å². The molecule has 0 saturated carbocycles. The van der Waals surface area contributed by atoms with Crippen molar-refractivity contribution in [2.75, 3.05) is 13.2 Å². The van der Waals surface area contributed by atoms with Gasteiger partial charge >= 0.3 is 17.9 Å². The van der Waals surface area contributed by atoms with Crippen LogP contribution in [0.4, 0.5) is 0 Å². The van der Waals surface area contributed by atoms with Crippen LogP contribution in [0.3, 0.4) is 0 Å². The fourth-order valence-corrected chi connectivity index (χ4v) is 9.30. The van der Waals surface area contributed by atoms with E-state index in [1.54, 1.807) is 0 Å². The molecule has 0 amide bonds. The number of ether oxygens (including phenoxy) is 3. The largest absolute Gasteiger partial charge is 0.462 e. The predicted octanol–water partition coefficient (Wildman–Crippen LogP) is 20.7. The van der Waals surface area contributed by atoms with Gasteiger partial charge in [0, 0.05) is 19.3 Å². The Morgan fingerprint density at radius 3 is 0.826 bits per heavy atom. The molecule has 0 bridgehead atoms. The molecule has 0 aliphatic heterocycles. The molecule has 0 aromatic carbocycles. The minimum atomic E-state index is -0.768. The molecule has 0 saturated heterocycles. The van der Waals surface area contributed by atoms with E-state index in [4.69, 9.17) is 14.2 Å². The molecule has 0 N–H and O–H groups in total. The van der Waals surface area contributed by atoms with Gasteiger partial charge in [0.2, 0.25) is 0 Å². The van der Waals surface area contributed by atoms with Gasteiger partial charge in [-0.05, 0) is 51.4 Å². The highest BCUT2D eigenvalue weighted by atomic mass is 16.6. The molecule has 0 aromatic rings. The van der Waals surface area contributed by atoms with Gasteiger partial charge in [-0.15, -0.1) is 0 Å². The topological polar surface area (TPSA) is 78.9 Å². The first-order valence-electron chi connectivity index (χ1n) is 30.8. The van der Waals surface area contributed by atoms with Gasteiger partial charge in [0.05, 0.1) is 0 Å². The van der Waals surface area contributed by atoms with Gasteiger partial charge in [0.15, 0.2) is 6.10 Å². The minimum absolute atomic E-state index is 0.0671. The quantitative estimate of drug-likeness (QED) is 0.0261. The molecule has 6 nitrogen and oxygen atoms in total. The normalized spacial score (nSPS) is 12.1. The maximum absolute atomic E-state index is 12.9. The van der Waals surface area contributed by atoms with Crippen LogP contribution in [0.1, 0.15) is 342 Å². The lowest BCUT2D eigenvalue weighted by Crippen LogP contribution is -2.30. The highest BCUT2D eigenvalue weighted by Gasteiger charge is 2.19. The van der Waals surface area contributed by atoms with Gasteiger partial charge in [-0.2, -0.15) is 0 Å². The standard InChI is InChI=1S/C63H118O6/c1-4-7-10-13-16-19-22-24-26-28-30-31-33-34-36-38-41-44-47-50-53-56-62(65)68-59-60(58-67-61(64)55-52-49-46-43-40-21-18-15-12-9-6-3)69-63(66)57-54-51-48-45-42-39-37-35-32-29-27-25-23-20-17-14-11-8-5-2/h17,20,25,27,60H,4-16,18-19,21-24,26,28-59H2,1-3H3/b20-17-,27-25-. The molecular weight excluding hydrogens is 853 g/mol. The second kappa shape index (κ2) is 58.5. The van der Waals surface area contributed by atoms with Crippen molar-refractivity contribution < 1.29 is 28.6 Å². The first-order chi connectivity index (χ1) is 34.0. The molecule has 1 unspecified atom stereocenters. The van der Waals surface area contributed by atoms with Gasteiger partial charge in [0.25, 0.3) is 0 Å². The summed E-state index contributed by atoms with van der Waals surface area (Å²) in [5.74, 6) is -0.848. The summed E-state index contributed by atoms with van der Waals surface area (Å²) in [4.78, 5) is 38.2. The number of esters is 3. The SMILES string of the molecule is CCCCC/C=C\C/C=C\CCCCCCCCCCCC(=O)OC(COC(=O)CCCCCCCCCCCCC)COC(=O)CCCCCCCCCCCCCCCCCCCCCCC. The molecule has 0 aliphatic carbocycles. The summed E-state index contributed by atoms with van der Waals surface area (Å²) in [5, 5.41) is 0. The van der Waals surface area contributed by atoms with Gasteiger partial charge in [-0.1, -0.05) is 295 Å². The molecule has 6 heteroatoms. The van der Waals surface area contributed by atoms with Crippen molar-refractivity contribution in [1.82, 2.24) is 0 Å². The highest BCUT2D eigenvalue weighted by Crippen LogP contribution is 2.18. The van der Waals surface area contributed by atoms with Crippen molar-refractivity contribution in [3.63, 3.8) is 0 Å². The van der Waals surface area contributed by atoms with E-state index < -0.39 is 6.10 Å². The maximum Gasteiger partial charge on any atom is 0.306 e. The summed E-state index contributed by atoms with van der Waals surface area (Å²) in [7, 11) is 0. The Balaban J connectivity index is 4.25. The number of hydrogen-bond acceptors (Lipinski definition) is 6. The van der Waals surface area contributed by atoms with Crippen LogP contribution in [0.15, 0.2) is 24.3 Å². The zero-order valence-electron chi connectivity index (χ0n) is 46.6. The van der Waals surface area contributed by atoms with E-state index in [1.165, 1.54) is 238 Å². The van der Waals surface area contributed by atoms with Crippen molar-refractivity contribution >= 4 is 17.9 Å². The summed E-state index contributed by atoms with van der Waals surface area (Å²) in [6.07, 6.45) is 68.9. The third-order valence-electron chi connectivity index (χ3n) is 14.0. The molecule has 406 valence electrons. The summed E-state index contributed by atoms with van der Waals surface area (Å²) >= 11 is 0. The minimum Gasteiger partial charge on any atom is -0.462 e. The Kier molecular flexibility index (Phi) is 56.7. The van der Waals surface area contributed by atoms with Crippen molar-refractivity contribution in [2.45, 2.75) is 348 Å². The summed E-state index contributed by atoms with van der Waals surface area (Å²) in [5.41, 5.74) is 0. The van der Waals surface area contributed by atoms with Crippen LogP contribution in [-0.4, -0.2) is 37.2 Å². The lowest BCUT2D eigenvalue weighted by Gasteiger charge is -2.18. The number of carbonyl (C=O) groups excluding carboxylic acids is 3. The van der Waals surface area contributed by atoms with E-state index in [9.17, 15) is 14.4 Å². The Morgan fingerprint density at radius 2 is 0.522 bits per heavy atom. The van der Waals surface area contributed by atoms with E-state index in [-0.39, 0.29) is 31.1 Å². The van der Waals surface area contributed by atoms with Crippen molar-refractivity contribution in [2.24, 2.45) is 0 Å². The second-order valence-electron chi connectivity index (χ2n) is 21.0. The molecule has 69 heavy (non-hydrogen) atoms. The van der Waals surface area contributed by atoms with E-state index in [0.717, 1.165) is 64.2 Å². The zero-order chi connectivity index (χ0) is 50.0. The predicted molar refractivity (Wildman–Crippen MR) is 298 cm³/mol. The van der Waals surface area contributed by atoms with Crippen LogP contribution < -0.4 is 0 Å². The van der Waals surface area contributed by atoms with Gasteiger partial charge in [-0.3, -0.25) is 14.4 Å². The second-order valence-corrected chi connectivity index (χ2v) is 21.0. The van der Waals surface area contributed by atoms with E-state index in [1.807, 2.05) is 0 Å². The number of unbranched alkanes of at least 4 members (excludes halogenated alkanes) is 42. The van der Waals surface area contributed by atoms with Crippen LogP contribution >= 0.6 is 0 Å². The molecule has 0 radical (unpaired) electrons. The zero-order valence-corrected chi connectivity index (χ0v) is 46.6. The monoisotopic (exact) mass is 971 g/mol. The summed E-state index contributed by atoms with van der Waals surface area (Å²) < 4.78 is 16.9. The first kappa shape index (κ1) is 66.9. The highest BCUT2D eigenvalue weighted by molar-refractivity contribution is 5.71. The van der Waals surface area contributed by atoms with E-state index >= 15 is 0 Å². The average molecular weight is 972 g/mol. The molecular formula is C63H118O6. The summed E-state index contributed by atoms with van der Waals surface area (Å²) in [6, 6.07) is 0. The molecule has 0 heterocycles. The number of hydrogen-bond donors (Lipinski definition) is 0. The number of allylic oxidation sites excluding steroid dienone is 4. The molecule has 0 rings (SSSR count). The fraction of sp³-hybridized carbons (Fsp3) is 0.889. The van der Waals surface area contributed by atoms with Gasteiger partial charge < -0.3 is 14.2 Å². The Labute approximate surface area is 430 Å².